The average molecular weight is 358 g/mol. The SMILES string of the molecule is O=C(Cc1ccccc1)NNc1ncnc(N2CCOCC2)c1[N+](=O)[O-]. The Morgan fingerprint density at radius 2 is 1.96 bits per heavy atom. The molecule has 136 valence electrons. The number of rotatable bonds is 6. The van der Waals surface area contributed by atoms with Crippen LogP contribution in [0.2, 0.25) is 0 Å². The highest BCUT2D eigenvalue weighted by Gasteiger charge is 2.28. The van der Waals surface area contributed by atoms with Gasteiger partial charge < -0.3 is 9.64 Å². The van der Waals surface area contributed by atoms with E-state index in [4.69, 9.17) is 4.74 Å². The molecule has 10 nitrogen and oxygen atoms in total. The summed E-state index contributed by atoms with van der Waals surface area (Å²) in [5.41, 5.74) is 5.54. The number of hydrogen-bond donors (Lipinski definition) is 2. The summed E-state index contributed by atoms with van der Waals surface area (Å²) in [7, 11) is 0. The Morgan fingerprint density at radius 1 is 1.23 bits per heavy atom. The Bertz CT molecular complexity index is 780. The lowest BCUT2D eigenvalue weighted by molar-refractivity contribution is -0.383. The van der Waals surface area contributed by atoms with Crippen molar-refractivity contribution in [2.75, 3.05) is 36.6 Å². The van der Waals surface area contributed by atoms with Gasteiger partial charge in [-0.2, -0.15) is 0 Å². The Labute approximate surface area is 149 Å². The molecule has 10 heteroatoms. The zero-order valence-electron chi connectivity index (χ0n) is 13.9. The van der Waals surface area contributed by atoms with Crippen molar-refractivity contribution >= 4 is 23.2 Å². The van der Waals surface area contributed by atoms with E-state index in [2.05, 4.69) is 20.8 Å². The van der Waals surface area contributed by atoms with Gasteiger partial charge in [-0.1, -0.05) is 30.3 Å². The predicted molar refractivity (Wildman–Crippen MR) is 93.6 cm³/mol. The Morgan fingerprint density at radius 3 is 2.65 bits per heavy atom. The number of carbonyl (C=O) groups is 1. The molecule has 0 radical (unpaired) electrons. The van der Waals surface area contributed by atoms with Crippen LogP contribution < -0.4 is 15.8 Å². The van der Waals surface area contributed by atoms with Crippen LogP contribution in [0.5, 0.6) is 0 Å². The third-order valence-electron chi connectivity index (χ3n) is 3.82. The third kappa shape index (κ3) is 4.22. The van der Waals surface area contributed by atoms with Crippen LogP contribution in [-0.2, 0) is 16.0 Å². The first kappa shape index (κ1) is 17.5. The molecule has 0 atom stereocenters. The van der Waals surface area contributed by atoms with Gasteiger partial charge >= 0.3 is 5.69 Å². The second-order valence-electron chi connectivity index (χ2n) is 5.59. The van der Waals surface area contributed by atoms with Gasteiger partial charge in [0.2, 0.25) is 17.5 Å². The summed E-state index contributed by atoms with van der Waals surface area (Å²) in [5.74, 6) is -0.196. The highest BCUT2D eigenvalue weighted by atomic mass is 16.6. The molecule has 1 aliphatic rings. The maximum atomic E-state index is 12.0. The van der Waals surface area contributed by atoms with Crippen LogP contribution in [-0.4, -0.2) is 47.1 Å². The zero-order chi connectivity index (χ0) is 18.4. The molecule has 1 aliphatic heterocycles. The van der Waals surface area contributed by atoms with Gasteiger partial charge in [-0.3, -0.25) is 25.8 Å². The quantitative estimate of drug-likeness (QED) is 0.577. The van der Waals surface area contributed by atoms with Gasteiger partial charge in [0.15, 0.2) is 0 Å². The van der Waals surface area contributed by atoms with Crippen LogP contribution >= 0.6 is 0 Å². The summed E-state index contributed by atoms with van der Waals surface area (Å²) < 4.78 is 5.26. The van der Waals surface area contributed by atoms with Crippen LogP contribution in [0.1, 0.15) is 5.56 Å². The van der Waals surface area contributed by atoms with E-state index in [0.29, 0.717) is 26.3 Å². The van der Waals surface area contributed by atoms with Crippen molar-refractivity contribution in [1.29, 1.82) is 0 Å². The van der Waals surface area contributed by atoms with Gasteiger partial charge in [-0.15, -0.1) is 0 Å². The summed E-state index contributed by atoms with van der Waals surface area (Å²) in [6.45, 7) is 1.94. The minimum Gasteiger partial charge on any atom is -0.378 e. The molecule has 0 aliphatic carbocycles. The lowest BCUT2D eigenvalue weighted by Crippen LogP contribution is -2.37. The molecular weight excluding hydrogens is 340 g/mol. The number of amides is 1. The Kier molecular flexibility index (Phi) is 5.54. The molecule has 2 N–H and O–H groups in total. The summed E-state index contributed by atoms with van der Waals surface area (Å²) in [6, 6.07) is 9.17. The molecule has 0 unspecified atom stereocenters. The van der Waals surface area contributed by atoms with Crippen molar-refractivity contribution in [1.82, 2.24) is 15.4 Å². The van der Waals surface area contributed by atoms with Crippen LogP contribution in [0.15, 0.2) is 36.7 Å². The fraction of sp³-hybridized carbons (Fsp3) is 0.312. The van der Waals surface area contributed by atoms with Gasteiger partial charge in [0.25, 0.3) is 0 Å². The lowest BCUT2D eigenvalue weighted by atomic mass is 10.1. The topological polar surface area (TPSA) is 123 Å². The summed E-state index contributed by atoms with van der Waals surface area (Å²) in [4.78, 5) is 32.7. The minimum absolute atomic E-state index is 0.0621. The number of ether oxygens (including phenoxy) is 1. The van der Waals surface area contributed by atoms with E-state index in [1.165, 1.54) is 6.33 Å². The van der Waals surface area contributed by atoms with E-state index < -0.39 is 4.92 Å². The number of benzene rings is 1. The number of morpholine rings is 1. The highest BCUT2D eigenvalue weighted by molar-refractivity contribution is 5.81. The maximum absolute atomic E-state index is 12.0. The van der Waals surface area contributed by atoms with E-state index in [9.17, 15) is 14.9 Å². The minimum atomic E-state index is -0.559. The standard InChI is InChI=1S/C16H18N6O4/c23-13(10-12-4-2-1-3-5-12)19-20-15-14(22(24)25)16(18-11-17-15)21-6-8-26-9-7-21/h1-5,11H,6-10H2,(H,19,23)(H,17,18,20). The van der Waals surface area contributed by atoms with E-state index in [-0.39, 0.29) is 29.7 Å². The normalized spacial score (nSPS) is 13.9. The molecule has 2 aromatic rings. The van der Waals surface area contributed by atoms with Crippen molar-refractivity contribution in [3.8, 4) is 0 Å². The molecule has 1 aromatic carbocycles. The fourth-order valence-electron chi connectivity index (χ4n) is 2.59. The largest absolute Gasteiger partial charge is 0.378 e. The molecule has 1 amide bonds. The molecule has 0 saturated carbocycles. The highest BCUT2D eigenvalue weighted by Crippen LogP contribution is 2.31. The number of anilines is 2. The molecule has 0 bridgehead atoms. The molecule has 0 spiro atoms. The molecule has 1 aromatic heterocycles. The maximum Gasteiger partial charge on any atom is 0.355 e. The van der Waals surface area contributed by atoms with Crippen molar-refractivity contribution in [2.45, 2.75) is 6.42 Å². The Hall–Kier alpha value is -3.27. The number of hydrazine groups is 1. The predicted octanol–water partition coefficient (Wildman–Crippen LogP) is 0.907. The first-order valence-electron chi connectivity index (χ1n) is 8.06. The molecule has 2 heterocycles. The summed E-state index contributed by atoms with van der Waals surface area (Å²) in [5, 5.41) is 11.5. The van der Waals surface area contributed by atoms with Gasteiger partial charge in [-0.25, -0.2) is 9.97 Å². The van der Waals surface area contributed by atoms with Gasteiger partial charge in [0, 0.05) is 13.1 Å². The molecule has 1 fully saturated rings. The third-order valence-corrected chi connectivity index (χ3v) is 3.82. The first-order valence-corrected chi connectivity index (χ1v) is 8.06. The smallest absolute Gasteiger partial charge is 0.355 e. The van der Waals surface area contributed by atoms with Crippen molar-refractivity contribution < 1.29 is 14.5 Å². The number of nitrogens with zero attached hydrogens (tertiary/aromatic N) is 4. The van der Waals surface area contributed by atoms with Crippen LogP contribution in [0.4, 0.5) is 17.3 Å². The van der Waals surface area contributed by atoms with Crippen LogP contribution in [0, 0.1) is 10.1 Å². The number of hydrogen-bond acceptors (Lipinski definition) is 8. The second-order valence-corrected chi connectivity index (χ2v) is 5.59. The van der Waals surface area contributed by atoms with E-state index in [1.807, 2.05) is 30.3 Å². The molecule has 3 rings (SSSR count). The molecular formula is C16H18N6O4. The number of aromatic nitrogens is 2. The van der Waals surface area contributed by atoms with Gasteiger partial charge in [0.1, 0.15) is 6.33 Å². The fourth-order valence-corrected chi connectivity index (χ4v) is 2.59. The second kappa shape index (κ2) is 8.21. The molecule has 26 heavy (non-hydrogen) atoms. The summed E-state index contributed by atoms with van der Waals surface area (Å²) in [6.07, 6.45) is 1.37. The van der Waals surface area contributed by atoms with E-state index in [1.54, 1.807) is 4.90 Å². The van der Waals surface area contributed by atoms with Gasteiger partial charge in [-0.05, 0) is 5.56 Å². The summed E-state index contributed by atoms with van der Waals surface area (Å²) >= 11 is 0. The molecule has 1 saturated heterocycles. The van der Waals surface area contributed by atoms with E-state index in [0.717, 1.165) is 5.56 Å². The number of carbonyl (C=O) groups excluding carboxylic acids is 1. The van der Waals surface area contributed by atoms with Crippen LogP contribution in [0.3, 0.4) is 0 Å². The number of nitrogens with one attached hydrogen (secondary N) is 2. The Balaban J connectivity index is 1.72. The van der Waals surface area contributed by atoms with Crippen LogP contribution in [0.25, 0.3) is 0 Å². The first-order chi connectivity index (χ1) is 12.6. The zero-order valence-corrected chi connectivity index (χ0v) is 13.9. The van der Waals surface area contributed by atoms with E-state index >= 15 is 0 Å². The van der Waals surface area contributed by atoms with Crippen molar-refractivity contribution in [3.63, 3.8) is 0 Å². The average Bonchev–Trinajstić information content (AvgIpc) is 2.67. The van der Waals surface area contributed by atoms with Crippen molar-refractivity contribution in [2.24, 2.45) is 0 Å². The van der Waals surface area contributed by atoms with Crippen molar-refractivity contribution in [3.05, 3.63) is 52.3 Å². The lowest BCUT2D eigenvalue weighted by Gasteiger charge is -2.27. The van der Waals surface area contributed by atoms with Gasteiger partial charge in [0.05, 0.1) is 24.6 Å². The number of nitro groups is 1. The monoisotopic (exact) mass is 358 g/mol.